The molecule has 0 saturated heterocycles. The summed E-state index contributed by atoms with van der Waals surface area (Å²) in [6.07, 6.45) is 1.00. The summed E-state index contributed by atoms with van der Waals surface area (Å²) >= 11 is 0. The van der Waals surface area contributed by atoms with Gasteiger partial charge in [0.15, 0.2) is 0 Å². The molecule has 0 aromatic heterocycles. The summed E-state index contributed by atoms with van der Waals surface area (Å²) in [6.45, 7) is 5.69. The van der Waals surface area contributed by atoms with Crippen molar-refractivity contribution in [3.05, 3.63) is 23.8 Å². The van der Waals surface area contributed by atoms with Gasteiger partial charge in [-0.15, -0.1) is 0 Å². The van der Waals surface area contributed by atoms with Crippen LogP contribution in [-0.4, -0.2) is 37.0 Å². The third-order valence-corrected chi connectivity index (χ3v) is 2.36. The number of ether oxygens (including phenoxy) is 2. The fourth-order valence-electron chi connectivity index (χ4n) is 1.49. The molecule has 0 unspecified atom stereocenters. The maximum Gasteiger partial charge on any atom is 0.488 e. The molecule has 0 bridgehead atoms. The van der Waals surface area contributed by atoms with Gasteiger partial charge in [0.05, 0.1) is 6.61 Å². The summed E-state index contributed by atoms with van der Waals surface area (Å²) in [6, 6.07) is 5.17. The van der Waals surface area contributed by atoms with E-state index in [4.69, 9.17) is 19.5 Å². The number of benzene rings is 1. The molecule has 0 aliphatic carbocycles. The molecule has 0 saturated carbocycles. The standard InChI is InChI=1S/C12H19BO4/c1-3-6-16-7-8-17-11-4-5-12(13(14)15)10(2)9-11/h4-5,9,14-15H,3,6-8H2,1-2H3. The Morgan fingerprint density at radius 1 is 1.18 bits per heavy atom. The second-order valence-electron chi connectivity index (χ2n) is 3.85. The Morgan fingerprint density at radius 3 is 2.53 bits per heavy atom. The van der Waals surface area contributed by atoms with Gasteiger partial charge in [-0.05, 0) is 36.5 Å². The second kappa shape index (κ2) is 7.32. The summed E-state index contributed by atoms with van der Waals surface area (Å²) < 4.78 is 10.8. The first kappa shape index (κ1) is 14.0. The molecule has 0 heterocycles. The first-order valence-corrected chi connectivity index (χ1v) is 5.82. The van der Waals surface area contributed by atoms with Crippen LogP contribution < -0.4 is 10.2 Å². The van der Waals surface area contributed by atoms with Crippen LogP contribution in [0.4, 0.5) is 0 Å². The highest BCUT2D eigenvalue weighted by atomic mass is 16.5. The van der Waals surface area contributed by atoms with Gasteiger partial charge < -0.3 is 19.5 Å². The SMILES string of the molecule is CCCOCCOc1ccc(B(O)O)c(C)c1. The predicted molar refractivity (Wildman–Crippen MR) is 67.6 cm³/mol. The van der Waals surface area contributed by atoms with E-state index in [0.29, 0.717) is 24.4 Å². The van der Waals surface area contributed by atoms with Crippen LogP contribution in [0.5, 0.6) is 5.75 Å². The molecule has 0 aliphatic rings. The third kappa shape index (κ3) is 4.77. The van der Waals surface area contributed by atoms with E-state index in [1.807, 2.05) is 6.92 Å². The van der Waals surface area contributed by atoms with Crippen molar-refractivity contribution in [3.8, 4) is 5.75 Å². The van der Waals surface area contributed by atoms with Gasteiger partial charge in [0.25, 0.3) is 0 Å². The lowest BCUT2D eigenvalue weighted by atomic mass is 9.77. The molecule has 0 radical (unpaired) electrons. The van der Waals surface area contributed by atoms with Crippen molar-refractivity contribution in [2.24, 2.45) is 0 Å². The van der Waals surface area contributed by atoms with Crippen LogP contribution in [0.15, 0.2) is 18.2 Å². The smallest absolute Gasteiger partial charge is 0.488 e. The topological polar surface area (TPSA) is 58.9 Å². The third-order valence-electron chi connectivity index (χ3n) is 2.36. The van der Waals surface area contributed by atoms with Crippen molar-refractivity contribution in [1.82, 2.24) is 0 Å². The van der Waals surface area contributed by atoms with Gasteiger partial charge in [-0.25, -0.2) is 0 Å². The Hall–Kier alpha value is -1.04. The average molecular weight is 238 g/mol. The molecule has 1 aromatic rings. The van der Waals surface area contributed by atoms with E-state index in [9.17, 15) is 0 Å². The van der Waals surface area contributed by atoms with Crippen LogP contribution >= 0.6 is 0 Å². The maximum atomic E-state index is 9.06. The molecule has 1 aromatic carbocycles. The zero-order chi connectivity index (χ0) is 12.7. The van der Waals surface area contributed by atoms with E-state index in [1.165, 1.54) is 0 Å². The Morgan fingerprint density at radius 2 is 1.94 bits per heavy atom. The molecule has 5 heteroatoms. The van der Waals surface area contributed by atoms with Crippen molar-refractivity contribution >= 4 is 12.6 Å². The highest BCUT2D eigenvalue weighted by Gasteiger charge is 2.13. The highest BCUT2D eigenvalue weighted by Crippen LogP contribution is 2.11. The molecule has 2 N–H and O–H groups in total. The lowest BCUT2D eigenvalue weighted by Gasteiger charge is -2.09. The normalized spacial score (nSPS) is 10.4. The van der Waals surface area contributed by atoms with Gasteiger partial charge in [-0.2, -0.15) is 0 Å². The summed E-state index contributed by atoms with van der Waals surface area (Å²) in [4.78, 5) is 0. The largest absolute Gasteiger partial charge is 0.491 e. The fraction of sp³-hybridized carbons (Fsp3) is 0.500. The van der Waals surface area contributed by atoms with E-state index in [-0.39, 0.29) is 0 Å². The summed E-state index contributed by atoms with van der Waals surface area (Å²) in [5.41, 5.74) is 1.30. The number of aryl methyl sites for hydroxylation is 1. The van der Waals surface area contributed by atoms with Gasteiger partial charge in [0.2, 0.25) is 0 Å². The summed E-state index contributed by atoms with van der Waals surface area (Å²) in [5, 5.41) is 18.1. The van der Waals surface area contributed by atoms with Gasteiger partial charge in [-0.3, -0.25) is 0 Å². The Bertz CT molecular complexity index is 341. The lowest BCUT2D eigenvalue weighted by molar-refractivity contribution is 0.101. The van der Waals surface area contributed by atoms with Crippen LogP contribution in [0.25, 0.3) is 0 Å². The van der Waals surface area contributed by atoms with E-state index < -0.39 is 7.12 Å². The van der Waals surface area contributed by atoms with Gasteiger partial charge in [0.1, 0.15) is 12.4 Å². The highest BCUT2D eigenvalue weighted by molar-refractivity contribution is 6.59. The quantitative estimate of drug-likeness (QED) is 0.535. The Balaban J connectivity index is 2.42. The molecular formula is C12H19BO4. The second-order valence-corrected chi connectivity index (χ2v) is 3.85. The number of hydrogen-bond donors (Lipinski definition) is 2. The Kier molecular flexibility index (Phi) is 6.04. The zero-order valence-electron chi connectivity index (χ0n) is 10.3. The first-order valence-electron chi connectivity index (χ1n) is 5.82. The molecule has 0 atom stereocenters. The van der Waals surface area contributed by atoms with Gasteiger partial charge in [0, 0.05) is 6.61 Å². The van der Waals surface area contributed by atoms with Crippen LogP contribution in [0.1, 0.15) is 18.9 Å². The average Bonchev–Trinajstić information content (AvgIpc) is 2.28. The van der Waals surface area contributed by atoms with E-state index in [0.717, 1.165) is 18.6 Å². The first-order chi connectivity index (χ1) is 8.15. The fourth-order valence-corrected chi connectivity index (χ4v) is 1.49. The molecule has 94 valence electrons. The molecule has 4 nitrogen and oxygen atoms in total. The minimum Gasteiger partial charge on any atom is -0.491 e. The summed E-state index contributed by atoms with van der Waals surface area (Å²) in [5.74, 6) is 0.715. The van der Waals surface area contributed by atoms with Crippen LogP contribution in [0, 0.1) is 6.92 Å². The van der Waals surface area contributed by atoms with Crippen molar-refractivity contribution in [3.63, 3.8) is 0 Å². The molecule has 0 fully saturated rings. The molecule has 0 amide bonds. The number of rotatable bonds is 7. The van der Waals surface area contributed by atoms with Crippen LogP contribution in [0.2, 0.25) is 0 Å². The minimum absolute atomic E-state index is 0.500. The molecule has 1 rings (SSSR count). The predicted octanol–water partition coefficient (Wildman–Crippen LogP) is 0.480. The molecule has 0 spiro atoms. The van der Waals surface area contributed by atoms with Crippen molar-refractivity contribution in [2.45, 2.75) is 20.3 Å². The zero-order valence-corrected chi connectivity index (χ0v) is 10.3. The monoisotopic (exact) mass is 238 g/mol. The lowest BCUT2D eigenvalue weighted by Crippen LogP contribution is -2.31. The van der Waals surface area contributed by atoms with Crippen molar-refractivity contribution in [1.29, 1.82) is 0 Å². The minimum atomic E-state index is -1.43. The van der Waals surface area contributed by atoms with Crippen LogP contribution in [-0.2, 0) is 4.74 Å². The van der Waals surface area contributed by atoms with E-state index in [2.05, 4.69) is 6.92 Å². The molecule has 17 heavy (non-hydrogen) atoms. The van der Waals surface area contributed by atoms with Gasteiger partial charge >= 0.3 is 7.12 Å². The van der Waals surface area contributed by atoms with Crippen molar-refractivity contribution < 1.29 is 19.5 Å². The Labute approximate surface area is 102 Å². The number of hydrogen-bond acceptors (Lipinski definition) is 4. The van der Waals surface area contributed by atoms with Gasteiger partial charge in [-0.1, -0.05) is 13.0 Å². The van der Waals surface area contributed by atoms with E-state index in [1.54, 1.807) is 18.2 Å². The van der Waals surface area contributed by atoms with E-state index >= 15 is 0 Å². The maximum absolute atomic E-state index is 9.06. The van der Waals surface area contributed by atoms with Crippen LogP contribution in [0.3, 0.4) is 0 Å². The van der Waals surface area contributed by atoms with Crippen molar-refractivity contribution in [2.75, 3.05) is 19.8 Å². The summed E-state index contributed by atoms with van der Waals surface area (Å²) in [7, 11) is -1.43. The molecular weight excluding hydrogens is 219 g/mol. The molecule has 0 aliphatic heterocycles.